The number of hydrogen-bond acceptors (Lipinski definition) is 0. The van der Waals surface area contributed by atoms with E-state index in [0.29, 0.717) is 11.1 Å². The second-order valence-electron chi connectivity index (χ2n) is 4.06. The highest BCUT2D eigenvalue weighted by Crippen LogP contribution is 2.31. The van der Waals surface area contributed by atoms with Crippen molar-refractivity contribution in [3.05, 3.63) is 59.4 Å². The standard InChI is InChI=1S/C14H10F4/c1-9-2-7-12(13(15)8-9)10-3-5-11(6-4-10)14(16,17)18/h2-8H,1H3. The quantitative estimate of drug-likeness (QED) is 0.640. The van der Waals surface area contributed by atoms with Gasteiger partial charge in [-0.15, -0.1) is 0 Å². The van der Waals surface area contributed by atoms with Crippen LogP contribution in [0.2, 0.25) is 0 Å². The molecule has 2 aromatic carbocycles. The van der Waals surface area contributed by atoms with E-state index in [-0.39, 0.29) is 0 Å². The van der Waals surface area contributed by atoms with Crippen molar-refractivity contribution in [2.45, 2.75) is 13.1 Å². The molecule has 0 fully saturated rings. The zero-order chi connectivity index (χ0) is 13.3. The summed E-state index contributed by atoms with van der Waals surface area (Å²) in [5.74, 6) is -0.435. The second-order valence-corrected chi connectivity index (χ2v) is 4.06. The lowest BCUT2D eigenvalue weighted by Crippen LogP contribution is -2.04. The summed E-state index contributed by atoms with van der Waals surface area (Å²) in [4.78, 5) is 0. The molecule has 0 saturated heterocycles. The van der Waals surface area contributed by atoms with Crippen LogP contribution in [0, 0.1) is 12.7 Å². The van der Waals surface area contributed by atoms with Crippen LogP contribution in [0.15, 0.2) is 42.5 Å². The summed E-state index contributed by atoms with van der Waals surface area (Å²) in [6.07, 6.45) is -4.37. The smallest absolute Gasteiger partial charge is 0.206 e. The number of benzene rings is 2. The van der Waals surface area contributed by atoms with E-state index in [1.165, 1.54) is 18.2 Å². The number of hydrogen-bond donors (Lipinski definition) is 0. The molecular weight excluding hydrogens is 244 g/mol. The van der Waals surface area contributed by atoms with Crippen molar-refractivity contribution in [3.8, 4) is 11.1 Å². The molecule has 2 rings (SSSR count). The Balaban J connectivity index is 2.41. The molecule has 0 aliphatic heterocycles. The van der Waals surface area contributed by atoms with Gasteiger partial charge in [0.25, 0.3) is 0 Å². The van der Waals surface area contributed by atoms with E-state index in [4.69, 9.17) is 0 Å². The van der Waals surface area contributed by atoms with E-state index in [1.807, 2.05) is 0 Å². The summed E-state index contributed by atoms with van der Waals surface area (Å²) in [5.41, 5.74) is 0.761. The van der Waals surface area contributed by atoms with Crippen LogP contribution < -0.4 is 0 Å². The maximum Gasteiger partial charge on any atom is 0.416 e. The fourth-order valence-corrected chi connectivity index (χ4v) is 1.69. The second kappa shape index (κ2) is 4.44. The van der Waals surface area contributed by atoms with E-state index in [9.17, 15) is 17.6 Å². The van der Waals surface area contributed by atoms with Crippen LogP contribution >= 0.6 is 0 Å². The molecule has 0 unspecified atom stereocenters. The SMILES string of the molecule is Cc1ccc(-c2ccc(C(F)(F)F)cc2)c(F)c1. The Morgan fingerprint density at radius 1 is 0.889 bits per heavy atom. The average Bonchev–Trinajstić information content (AvgIpc) is 2.28. The van der Waals surface area contributed by atoms with Gasteiger partial charge < -0.3 is 0 Å². The zero-order valence-corrected chi connectivity index (χ0v) is 9.55. The maximum atomic E-state index is 13.6. The molecule has 94 valence electrons. The minimum atomic E-state index is -4.37. The summed E-state index contributed by atoms with van der Waals surface area (Å²) in [6.45, 7) is 1.75. The monoisotopic (exact) mass is 254 g/mol. The molecule has 0 radical (unpaired) electrons. The predicted molar refractivity (Wildman–Crippen MR) is 61.6 cm³/mol. The first-order valence-electron chi connectivity index (χ1n) is 5.32. The van der Waals surface area contributed by atoms with Gasteiger partial charge in [0.15, 0.2) is 0 Å². The van der Waals surface area contributed by atoms with Crippen molar-refractivity contribution >= 4 is 0 Å². The highest BCUT2D eigenvalue weighted by atomic mass is 19.4. The molecule has 0 aromatic heterocycles. The van der Waals surface area contributed by atoms with Gasteiger partial charge >= 0.3 is 6.18 Å². The van der Waals surface area contributed by atoms with Crippen molar-refractivity contribution in [2.24, 2.45) is 0 Å². The Kier molecular flexibility index (Phi) is 3.11. The molecule has 0 spiro atoms. The minimum Gasteiger partial charge on any atom is -0.206 e. The van der Waals surface area contributed by atoms with Gasteiger partial charge in [-0.3, -0.25) is 0 Å². The van der Waals surface area contributed by atoms with E-state index < -0.39 is 17.6 Å². The van der Waals surface area contributed by atoms with Gasteiger partial charge in [0.05, 0.1) is 5.56 Å². The molecule has 0 saturated carbocycles. The Hall–Kier alpha value is -1.84. The third-order valence-corrected chi connectivity index (χ3v) is 2.65. The van der Waals surface area contributed by atoms with Crippen LogP contribution in [-0.4, -0.2) is 0 Å². The molecule has 0 aliphatic carbocycles. The lowest BCUT2D eigenvalue weighted by molar-refractivity contribution is -0.137. The van der Waals surface area contributed by atoms with Crippen LogP contribution in [0.4, 0.5) is 17.6 Å². The molecule has 18 heavy (non-hydrogen) atoms. The predicted octanol–water partition coefficient (Wildman–Crippen LogP) is 4.82. The van der Waals surface area contributed by atoms with Gasteiger partial charge in [-0.25, -0.2) is 4.39 Å². The lowest BCUT2D eigenvalue weighted by atomic mass is 10.0. The molecular formula is C14H10F4. The Morgan fingerprint density at radius 3 is 2.00 bits per heavy atom. The molecule has 0 atom stereocenters. The normalized spacial score (nSPS) is 11.6. The molecule has 0 bridgehead atoms. The Bertz CT molecular complexity index is 553. The van der Waals surface area contributed by atoms with Gasteiger partial charge in [0, 0.05) is 5.56 Å². The van der Waals surface area contributed by atoms with Crippen molar-refractivity contribution in [3.63, 3.8) is 0 Å². The van der Waals surface area contributed by atoms with Crippen molar-refractivity contribution in [1.82, 2.24) is 0 Å². The van der Waals surface area contributed by atoms with E-state index in [0.717, 1.165) is 17.7 Å². The van der Waals surface area contributed by atoms with Gasteiger partial charge in [-0.05, 0) is 36.2 Å². The first-order chi connectivity index (χ1) is 8.38. The third kappa shape index (κ3) is 2.53. The summed E-state index contributed by atoms with van der Waals surface area (Å²) in [7, 11) is 0. The van der Waals surface area contributed by atoms with Crippen molar-refractivity contribution in [1.29, 1.82) is 0 Å². The molecule has 0 amide bonds. The highest BCUT2D eigenvalue weighted by molar-refractivity contribution is 5.64. The summed E-state index contributed by atoms with van der Waals surface area (Å²) in [5, 5.41) is 0. The summed E-state index contributed by atoms with van der Waals surface area (Å²) < 4.78 is 50.8. The minimum absolute atomic E-state index is 0.300. The van der Waals surface area contributed by atoms with E-state index >= 15 is 0 Å². The van der Waals surface area contributed by atoms with Crippen LogP contribution in [0.25, 0.3) is 11.1 Å². The number of halogens is 4. The van der Waals surface area contributed by atoms with Gasteiger partial charge in [-0.1, -0.05) is 24.3 Å². The fraction of sp³-hybridized carbons (Fsp3) is 0.143. The van der Waals surface area contributed by atoms with Gasteiger partial charge in [0.1, 0.15) is 5.82 Å². The average molecular weight is 254 g/mol. The number of rotatable bonds is 1. The summed E-state index contributed by atoms with van der Waals surface area (Å²) >= 11 is 0. The largest absolute Gasteiger partial charge is 0.416 e. The number of alkyl halides is 3. The van der Waals surface area contributed by atoms with Gasteiger partial charge in [0.2, 0.25) is 0 Å². The van der Waals surface area contributed by atoms with Gasteiger partial charge in [-0.2, -0.15) is 13.2 Å². The Labute approximate surface area is 102 Å². The first kappa shape index (κ1) is 12.6. The van der Waals surface area contributed by atoms with Crippen LogP contribution in [-0.2, 0) is 6.18 Å². The molecule has 0 aliphatic rings. The molecule has 2 aromatic rings. The van der Waals surface area contributed by atoms with Crippen LogP contribution in [0.1, 0.15) is 11.1 Å². The first-order valence-corrected chi connectivity index (χ1v) is 5.32. The van der Waals surface area contributed by atoms with Crippen LogP contribution in [0.3, 0.4) is 0 Å². The topological polar surface area (TPSA) is 0 Å². The van der Waals surface area contributed by atoms with E-state index in [1.54, 1.807) is 19.1 Å². The molecule has 0 nitrogen and oxygen atoms in total. The maximum absolute atomic E-state index is 13.6. The molecule has 4 heteroatoms. The fourth-order valence-electron chi connectivity index (χ4n) is 1.69. The summed E-state index contributed by atoms with van der Waals surface area (Å²) in [6, 6.07) is 9.09. The molecule has 0 heterocycles. The Morgan fingerprint density at radius 2 is 1.50 bits per heavy atom. The zero-order valence-electron chi connectivity index (χ0n) is 9.55. The lowest BCUT2D eigenvalue weighted by Gasteiger charge is -2.08. The molecule has 0 N–H and O–H groups in total. The van der Waals surface area contributed by atoms with Crippen molar-refractivity contribution < 1.29 is 17.6 Å². The van der Waals surface area contributed by atoms with E-state index in [2.05, 4.69) is 0 Å². The number of aryl methyl sites for hydroxylation is 1. The third-order valence-electron chi connectivity index (χ3n) is 2.65. The highest BCUT2D eigenvalue weighted by Gasteiger charge is 2.30. The van der Waals surface area contributed by atoms with Crippen molar-refractivity contribution in [2.75, 3.05) is 0 Å². The van der Waals surface area contributed by atoms with Crippen LogP contribution in [0.5, 0.6) is 0 Å².